The molecular formula is C14H30N2O. The summed E-state index contributed by atoms with van der Waals surface area (Å²) >= 11 is 0. The molecule has 1 N–H and O–H groups in total. The molecule has 1 aliphatic heterocycles. The third kappa shape index (κ3) is 5.36. The highest BCUT2D eigenvalue weighted by Gasteiger charge is 2.26. The van der Waals surface area contributed by atoms with Gasteiger partial charge in [-0.25, -0.2) is 0 Å². The maximum atomic E-state index is 5.67. The molecule has 0 aliphatic carbocycles. The van der Waals surface area contributed by atoms with Crippen molar-refractivity contribution in [3.8, 4) is 0 Å². The average Bonchev–Trinajstić information content (AvgIpc) is 2.27. The van der Waals surface area contributed by atoms with Gasteiger partial charge in [0.05, 0.1) is 12.7 Å². The average molecular weight is 242 g/mol. The predicted octanol–water partition coefficient (Wildman–Crippen LogP) is 2.12. The number of hydrogen-bond donors (Lipinski definition) is 1. The molecule has 0 aromatic rings. The quantitative estimate of drug-likeness (QED) is 0.722. The molecule has 0 aromatic carbocycles. The SMILES string of the molecule is CC(C)CNCCC(C)N1CC(C)OCC1C. The Morgan fingerprint density at radius 1 is 1.29 bits per heavy atom. The smallest absolute Gasteiger partial charge is 0.0674 e. The molecule has 17 heavy (non-hydrogen) atoms. The van der Waals surface area contributed by atoms with Gasteiger partial charge in [-0.05, 0) is 46.2 Å². The molecule has 3 atom stereocenters. The van der Waals surface area contributed by atoms with Crippen molar-refractivity contribution in [2.45, 2.75) is 59.2 Å². The van der Waals surface area contributed by atoms with Gasteiger partial charge in [-0.2, -0.15) is 0 Å². The van der Waals surface area contributed by atoms with E-state index in [1.807, 2.05) is 0 Å². The standard InChI is InChI=1S/C14H30N2O/c1-11(2)8-15-7-6-12(3)16-9-14(5)17-10-13(16)4/h11-15H,6-10H2,1-5H3. The molecule has 0 spiro atoms. The van der Waals surface area contributed by atoms with Gasteiger partial charge >= 0.3 is 0 Å². The van der Waals surface area contributed by atoms with Crippen LogP contribution in [0.3, 0.4) is 0 Å². The molecule has 1 saturated heterocycles. The molecule has 1 aliphatic rings. The predicted molar refractivity (Wildman–Crippen MR) is 73.4 cm³/mol. The van der Waals surface area contributed by atoms with E-state index in [0.29, 0.717) is 18.2 Å². The molecule has 0 saturated carbocycles. The molecule has 0 radical (unpaired) electrons. The third-order valence-corrected chi connectivity index (χ3v) is 3.51. The number of hydrogen-bond acceptors (Lipinski definition) is 3. The van der Waals surface area contributed by atoms with Crippen molar-refractivity contribution in [2.75, 3.05) is 26.2 Å². The van der Waals surface area contributed by atoms with Crippen LogP contribution in [0.4, 0.5) is 0 Å². The summed E-state index contributed by atoms with van der Waals surface area (Å²) in [6.07, 6.45) is 1.61. The maximum absolute atomic E-state index is 5.67. The van der Waals surface area contributed by atoms with Crippen LogP contribution in [0.15, 0.2) is 0 Å². The molecule has 3 nitrogen and oxygen atoms in total. The Morgan fingerprint density at radius 2 is 2.00 bits per heavy atom. The van der Waals surface area contributed by atoms with E-state index in [9.17, 15) is 0 Å². The monoisotopic (exact) mass is 242 g/mol. The first-order valence-electron chi connectivity index (χ1n) is 7.08. The van der Waals surface area contributed by atoms with Gasteiger partial charge in [-0.15, -0.1) is 0 Å². The summed E-state index contributed by atoms with van der Waals surface area (Å²) in [7, 11) is 0. The number of morpholine rings is 1. The molecule has 0 aromatic heterocycles. The first-order chi connectivity index (χ1) is 8.00. The molecule has 102 valence electrons. The molecule has 0 bridgehead atoms. The molecule has 1 heterocycles. The van der Waals surface area contributed by atoms with Gasteiger partial charge in [0.15, 0.2) is 0 Å². The normalized spacial score (nSPS) is 28.6. The Labute approximate surface area is 107 Å². The lowest BCUT2D eigenvalue weighted by Crippen LogP contribution is -2.51. The molecular weight excluding hydrogens is 212 g/mol. The lowest BCUT2D eigenvalue weighted by atomic mass is 10.1. The van der Waals surface area contributed by atoms with Crippen LogP contribution in [0.25, 0.3) is 0 Å². The lowest BCUT2D eigenvalue weighted by molar-refractivity contribution is -0.0642. The van der Waals surface area contributed by atoms with E-state index in [2.05, 4.69) is 44.8 Å². The summed E-state index contributed by atoms with van der Waals surface area (Å²) in [6, 6.07) is 1.21. The van der Waals surface area contributed by atoms with Crippen LogP contribution in [-0.2, 0) is 4.74 Å². The van der Waals surface area contributed by atoms with Gasteiger partial charge in [0.1, 0.15) is 0 Å². The van der Waals surface area contributed by atoms with Gasteiger partial charge in [0.2, 0.25) is 0 Å². The van der Waals surface area contributed by atoms with Crippen LogP contribution < -0.4 is 5.32 Å². The Kier molecular flexibility index (Phi) is 6.45. The fraction of sp³-hybridized carbons (Fsp3) is 1.00. The summed E-state index contributed by atoms with van der Waals surface area (Å²) in [6.45, 7) is 15.5. The van der Waals surface area contributed by atoms with E-state index in [4.69, 9.17) is 4.74 Å². The summed E-state index contributed by atoms with van der Waals surface area (Å²) < 4.78 is 5.67. The van der Waals surface area contributed by atoms with Crippen molar-refractivity contribution in [3.63, 3.8) is 0 Å². The third-order valence-electron chi connectivity index (χ3n) is 3.51. The van der Waals surface area contributed by atoms with Crippen molar-refractivity contribution in [3.05, 3.63) is 0 Å². The van der Waals surface area contributed by atoms with Gasteiger partial charge < -0.3 is 10.1 Å². The van der Waals surface area contributed by atoms with Crippen molar-refractivity contribution >= 4 is 0 Å². The molecule has 0 amide bonds. The maximum Gasteiger partial charge on any atom is 0.0674 e. The summed E-state index contributed by atoms with van der Waals surface area (Å²) in [4.78, 5) is 2.59. The zero-order valence-corrected chi connectivity index (χ0v) is 12.2. The van der Waals surface area contributed by atoms with Crippen molar-refractivity contribution in [1.82, 2.24) is 10.2 Å². The second-order valence-corrected chi connectivity index (χ2v) is 5.93. The second kappa shape index (κ2) is 7.34. The highest BCUT2D eigenvalue weighted by atomic mass is 16.5. The largest absolute Gasteiger partial charge is 0.376 e. The van der Waals surface area contributed by atoms with Crippen LogP contribution in [0.1, 0.15) is 41.0 Å². The van der Waals surface area contributed by atoms with Crippen LogP contribution in [0.2, 0.25) is 0 Å². The van der Waals surface area contributed by atoms with E-state index in [-0.39, 0.29) is 0 Å². The first-order valence-corrected chi connectivity index (χ1v) is 7.08. The number of nitrogens with one attached hydrogen (secondary N) is 1. The molecule has 3 unspecified atom stereocenters. The molecule has 1 fully saturated rings. The minimum Gasteiger partial charge on any atom is -0.376 e. The highest BCUT2D eigenvalue weighted by molar-refractivity contribution is 4.80. The fourth-order valence-electron chi connectivity index (χ4n) is 2.41. The summed E-state index contributed by atoms with van der Waals surface area (Å²) in [5, 5.41) is 3.52. The summed E-state index contributed by atoms with van der Waals surface area (Å²) in [5.74, 6) is 0.743. The first kappa shape index (κ1) is 14.9. The number of ether oxygens (including phenoxy) is 1. The van der Waals surface area contributed by atoms with E-state index in [1.54, 1.807) is 0 Å². The fourth-order valence-corrected chi connectivity index (χ4v) is 2.41. The lowest BCUT2D eigenvalue weighted by Gasteiger charge is -2.40. The van der Waals surface area contributed by atoms with E-state index < -0.39 is 0 Å². The van der Waals surface area contributed by atoms with Crippen molar-refractivity contribution in [1.29, 1.82) is 0 Å². The number of rotatable bonds is 6. The summed E-state index contributed by atoms with van der Waals surface area (Å²) in [5.41, 5.74) is 0. The van der Waals surface area contributed by atoms with Crippen molar-refractivity contribution < 1.29 is 4.74 Å². The molecule has 3 heteroatoms. The second-order valence-electron chi connectivity index (χ2n) is 5.93. The Morgan fingerprint density at radius 3 is 2.65 bits per heavy atom. The van der Waals surface area contributed by atoms with Gasteiger partial charge in [0, 0.05) is 18.6 Å². The Bertz CT molecular complexity index is 208. The van der Waals surface area contributed by atoms with Crippen LogP contribution in [-0.4, -0.2) is 49.3 Å². The van der Waals surface area contributed by atoms with E-state index in [0.717, 1.165) is 32.2 Å². The van der Waals surface area contributed by atoms with E-state index in [1.165, 1.54) is 6.42 Å². The molecule has 1 rings (SSSR count). The highest BCUT2D eigenvalue weighted by Crippen LogP contribution is 2.16. The van der Waals surface area contributed by atoms with Gasteiger partial charge in [-0.3, -0.25) is 4.90 Å². The van der Waals surface area contributed by atoms with Crippen LogP contribution >= 0.6 is 0 Å². The minimum atomic E-state index is 0.386. The zero-order chi connectivity index (χ0) is 12.8. The van der Waals surface area contributed by atoms with Crippen LogP contribution in [0.5, 0.6) is 0 Å². The Hall–Kier alpha value is -0.120. The van der Waals surface area contributed by atoms with Gasteiger partial charge in [0.25, 0.3) is 0 Å². The van der Waals surface area contributed by atoms with Crippen LogP contribution in [0, 0.1) is 5.92 Å². The number of nitrogens with zero attached hydrogens (tertiary/aromatic N) is 1. The van der Waals surface area contributed by atoms with Gasteiger partial charge in [-0.1, -0.05) is 13.8 Å². The van der Waals surface area contributed by atoms with E-state index >= 15 is 0 Å². The topological polar surface area (TPSA) is 24.5 Å². The van der Waals surface area contributed by atoms with Crippen molar-refractivity contribution in [2.24, 2.45) is 5.92 Å². The minimum absolute atomic E-state index is 0.386. The Balaban J connectivity index is 2.23. The zero-order valence-electron chi connectivity index (χ0n) is 12.2.